The second-order valence-electron chi connectivity index (χ2n) is 3.84. The van der Waals surface area contributed by atoms with Crippen molar-refractivity contribution < 1.29 is 9.18 Å². The van der Waals surface area contributed by atoms with Gasteiger partial charge in [-0.25, -0.2) is 4.39 Å². The van der Waals surface area contributed by atoms with E-state index in [2.05, 4.69) is 15.9 Å². The number of amides is 1. The van der Waals surface area contributed by atoms with E-state index in [0.717, 1.165) is 17.3 Å². The molecule has 0 atom stereocenters. The van der Waals surface area contributed by atoms with E-state index in [9.17, 15) is 9.18 Å². The summed E-state index contributed by atoms with van der Waals surface area (Å²) in [7, 11) is 0. The van der Waals surface area contributed by atoms with Crippen molar-refractivity contribution in [3.05, 3.63) is 29.6 Å². The minimum atomic E-state index is -0.292. The zero-order valence-electron chi connectivity index (χ0n) is 8.88. The summed E-state index contributed by atoms with van der Waals surface area (Å²) >= 11 is 3.32. The highest BCUT2D eigenvalue weighted by Crippen LogP contribution is 2.30. The van der Waals surface area contributed by atoms with E-state index in [-0.39, 0.29) is 11.7 Å². The van der Waals surface area contributed by atoms with Crippen LogP contribution < -0.4 is 4.90 Å². The average Bonchev–Trinajstić information content (AvgIpc) is 2.28. The maximum absolute atomic E-state index is 13.7. The third-order valence-corrected chi connectivity index (χ3v) is 3.33. The van der Waals surface area contributed by atoms with Crippen LogP contribution >= 0.6 is 15.9 Å². The molecule has 0 fully saturated rings. The number of halogens is 2. The third-order valence-electron chi connectivity index (χ3n) is 2.76. The first-order chi connectivity index (χ1) is 7.74. The first kappa shape index (κ1) is 11.6. The molecule has 0 radical (unpaired) electrons. The Morgan fingerprint density at radius 3 is 2.94 bits per heavy atom. The highest BCUT2D eigenvalue weighted by molar-refractivity contribution is 9.09. The molecule has 0 saturated heterocycles. The Bertz CT molecular complexity index is 408. The molecule has 0 aliphatic carbocycles. The van der Waals surface area contributed by atoms with Gasteiger partial charge in [-0.2, -0.15) is 0 Å². The van der Waals surface area contributed by atoms with Gasteiger partial charge < -0.3 is 4.90 Å². The molecule has 0 unspecified atom stereocenters. The summed E-state index contributed by atoms with van der Waals surface area (Å²) in [5, 5.41) is 0.820. The quantitative estimate of drug-likeness (QED) is 0.782. The molecule has 1 heterocycles. The van der Waals surface area contributed by atoms with Crippen LogP contribution in [0.5, 0.6) is 0 Å². The topological polar surface area (TPSA) is 20.3 Å². The smallest absolute Gasteiger partial charge is 0.227 e. The molecule has 16 heavy (non-hydrogen) atoms. The van der Waals surface area contributed by atoms with Gasteiger partial charge in [0.05, 0.1) is 5.69 Å². The van der Waals surface area contributed by atoms with Gasteiger partial charge in [0, 0.05) is 18.3 Å². The molecular formula is C12H13BrFNO. The highest BCUT2D eigenvalue weighted by atomic mass is 79.9. The van der Waals surface area contributed by atoms with Gasteiger partial charge in [-0.1, -0.05) is 28.1 Å². The molecule has 4 heteroatoms. The Hall–Kier alpha value is -0.900. The first-order valence-corrected chi connectivity index (χ1v) is 6.50. The van der Waals surface area contributed by atoms with Gasteiger partial charge >= 0.3 is 0 Å². The number of para-hydroxylation sites is 1. The van der Waals surface area contributed by atoms with Gasteiger partial charge in [0.2, 0.25) is 5.91 Å². The SMILES string of the molecule is O=C1CCc2cccc(F)c2N1CCCBr. The second-order valence-corrected chi connectivity index (χ2v) is 4.63. The number of nitrogens with zero attached hydrogens (tertiary/aromatic N) is 1. The Labute approximate surface area is 103 Å². The molecule has 1 amide bonds. The fourth-order valence-electron chi connectivity index (χ4n) is 2.02. The molecule has 86 valence electrons. The molecule has 0 saturated carbocycles. The highest BCUT2D eigenvalue weighted by Gasteiger charge is 2.26. The van der Waals surface area contributed by atoms with Crippen LogP contribution in [0.25, 0.3) is 0 Å². The Kier molecular flexibility index (Phi) is 3.59. The van der Waals surface area contributed by atoms with Crippen molar-refractivity contribution >= 4 is 27.5 Å². The number of anilines is 1. The largest absolute Gasteiger partial charge is 0.309 e. The molecule has 0 spiro atoms. The van der Waals surface area contributed by atoms with Gasteiger partial charge in [0.1, 0.15) is 5.82 Å². The molecule has 0 aromatic heterocycles. The molecule has 0 bridgehead atoms. The van der Waals surface area contributed by atoms with E-state index < -0.39 is 0 Å². The van der Waals surface area contributed by atoms with Crippen molar-refractivity contribution in [2.75, 3.05) is 16.8 Å². The predicted molar refractivity (Wildman–Crippen MR) is 65.5 cm³/mol. The molecule has 1 aromatic carbocycles. The van der Waals surface area contributed by atoms with Crippen molar-refractivity contribution in [3.63, 3.8) is 0 Å². The van der Waals surface area contributed by atoms with Crippen molar-refractivity contribution in [2.45, 2.75) is 19.3 Å². The molecular weight excluding hydrogens is 273 g/mol. The lowest BCUT2D eigenvalue weighted by atomic mass is 10.0. The summed E-state index contributed by atoms with van der Waals surface area (Å²) in [5.74, 6) is -0.265. The first-order valence-electron chi connectivity index (χ1n) is 5.37. The summed E-state index contributed by atoms with van der Waals surface area (Å²) in [6, 6.07) is 5.01. The van der Waals surface area contributed by atoms with E-state index in [4.69, 9.17) is 0 Å². The van der Waals surface area contributed by atoms with Gasteiger partial charge in [-0.15, -0.1) is 0 Å². The van der Waals surface area contributed by atoms with E-state index in [0.29, 0.717) is 25.1 Å². The van der Waals surface area contributed by atoms with Crippen molar-refractivity contribution in [2.24, 2.45) is 0 Å². The number of aryl methyl sites for hydroxylation is 1. The van der Waals surface area contributed by atoms with E-state index in [1.54, 1.807) is 11.0 Å². The maximum Gasteiger partial charge on any atom is 0.227 e. The lowest BCUT2D eigenvalue weighted by Gasteiger charge is -2.29. The van der Waals surface area contributed by atoms with Gasteiger partial charge in [0.15, 0.2) is 0 Å². The Balaban J connectivity index is 2.35. The van der Waals surface area contributed by atoms with Crippen molar-refractivity contribution in [3.8, 4) is 0 Å². The van der Waals surface area contributed by atoms with E-state index in [1.165, 1.54) is 6.07 Å². The lowest BCUT2D eigenvalue weighted by Crippen LogP contribution is -2.36. The van der Waals surface area contributed by atoms with Crippen LogP contribution in [0.2, 0.25) is 0 Å². The standard InChI is InChI=1S/C12H13BrFNO/c13-7-2-8-15-11(16)6-5-9-3-1-4-10(14)12(9)15/h1,3-4H,2,5-8H2. The zero-order valence-corrected chi connectivity index (χ0v) is 10.5. The third kappa shape index (κ3) is 2.12. The fraction of sp³-hybridized carbons (Fsp3) is 0.417. The number of benzene rings is 1. The number of carbonyl (C=O) groups excluding carboxylic acids is 1. The van der Waals surface area contributed by atoms with Crippen molar-refractivity contribution in [1.29, 1.82) is 0 Å². The normalized spacial score (nSPS) is 15.1. The predicted octanol–water partition coefficient (Wildman–Crippen LogP) is 2.89. The molecule has 2 nitrogen and oxygen atoms in total. The van der Waals surface area contributed by atoms with Crippen LogP contribution in [0.1, 0.15) is 18.4 Å². The molecule has 1 aromatic rings. The minimum Gasteiger partial charge on any atom is -0.309 e. The Morgan fingerprint density at radius 1 is 1.38 bits per heavy atom. The van der Waals surface area contributed by atoms with Gasteiger partial charge in [-0.05, 0) is 24.5 Å². The molecule has 0 N–H and O–H groups in total. The zero-order chi connectivity index (χ0) is 11.5. The summed E-state index contributed by atoms with van der Waals surface area (Å²) in [4.78, 5) is 13.3. The fourth-order valence-corrected chi connectivity index (χ4v) is 2.27. The summed E-state index contributed by atoms with van der Waals surface area (Å²) < 4.78 is 13.7. The van der Waals surface area contributed by atoms with Crippen LogP contribution in [-0.2, 0) is 11.2 Å². The summed E-state index contributed by atoms with van der Waals surface area (Å²) in [6.07, 6.45) is 1.97. The summed E-state index contributed by atoms with van der Waals surface area (Å²) in [5.41, 5.74) is 1.42. The van der Waals surface area contributed by atoms with Gasteiger partial charge in [-0.3, -0.25) is 4.79 Å². The van der Waals surface area contributed by atoms with Crippen LogP contribution in [0.4, 0.5) is 10.1 Å². The lowest BCUT2D eigenvalue weighted by molar-refractivity contribution is -0.118. The molecule has 1 aliphatic heterocycles. The number of rotatable bonds is 3. The van der Waals surface area contributed by atoms with Gasteiger partial charge in [0.25, 0.3) is 0 Å². The number of carbonyl (C=O) groups is 1. The Morgan fingerprint density at radius 2 is 2.19 bits per heavy atom. The van der Waals surface area contributed by atoms with Crippen LogP contribution in [0.3, 0.4) is 0 Å². The second kappa shape index (κ2) is 4.95. The minimum absolute atomic E-state index is 0.0264. The molecule has 1 aliphatic rings. The number of hydrogen-bond donors (Lipinski definition) is 0. The van der Waals surface area contributed by atoms with Crippen molar-refractivity contribution in [1.82, 2.24) is 0 Å². The maximum atomic E-state index is 13.7. The van der Waals surface area contributed by atoms with E-state index in [1.807, 2.05) is 6.07 Å². The summed E-state index contributed by atoms with van der Waals surface area (Å²) in [6.45, 7) is 0.581. The average molecular weight is 286 g/mol. The van der Waals surface area contributed by atoms with Crippen LogP contribution in [0.15, 0.2) is 18.2 Å². The van der Waals surface area contributed by atoms with Crippen LogP contribution in [0, 0.1) is 5.82 Å². The van der Waals surface area contributed by atoms with E-state index >= 15 is 0 Å². The van der Waals surface area contributed by atoms with Crippen LogP contribution in [-0.4, -0.2) is 17.8 Å². The monoisotopic (exact) mass is 285 g/mol. The number of hydrogen-bond acceptors (Lipinski definition) is 1. The number of alkyl halides is 1. The molecule has 2 rings (SSSR count). The number of fused-ring (bicyclic) bond motifs is 1.